The number of H-pyrrole nitrogens is 2. The second-order valence-corrected chi connectivity index (χ2v) is 49.4. The van der Waals surface area contributed by atoms with Gasteiger partial charge < -0.3 is 64.2 Å². The number of hydrogen-bond donors (Lipinski definition) is 10. The molecular weight excluding hydrogens is 1760 g/mol. The number of ether oxygens (including phenoxy) is 2. The van der Waals surface area contributed by atoms with Crippen molar-refractivity contribution in [1.29, 1.82) is 10.5 Å². The number of hydrogen-bond acceptors (Lipinski definition) is 38. The molecule has 15 rings (SSSR count). The Morgan fingerprint density at radius 1 is 0.584 bits per heavy atom. The van der Waals surface area contributed by atoms with Gasteiger partial charge in [-0.2, -0.15) is 20.5 Å². The zero-order valence-electron chi connectivity index (χ0n) is 69.6. The maximum atomic E-state index is 15.5. The van der Waals surface area contributed by atoms with Crippen LogP contribution in [0.15, 0.2) is 77.9 Å². The maximum Gasteiger partial charge on any atom is 0.475 e. The van der Waals surface area contributed by atoms with Crippen LogP contribution in [0.25, 0.3) is 44.7 Å². The van der Waals surface area contributed by atoms with Crippen molar-refractivity contribution < 1.29 is 111 Å². The van der Waals surface area contributed by atoms with Crippen LogP contribution < -0.4 is 33.2 Å². The van der Waals surface area contributed by atoms with Crippen LogP contribution >= 0.6 is 31.3 Å². The first-order valence-corrected chi connectivity index (χ1v) is 51.3. The number of aromatic amines is 2. The molecule has 2 aliphatic carbocycles. The number of aliphatic hydroxyl groups excluding tert-OH is 2. The molecule has 0 radical (unpaired) electrons. The first-order valence-electron chi connectivity index (χ1n) is 39.6. The smallest absolute Gasteiger partial charge is 0.409 e. The largest absolute Gasteiger partial charge is 0.475 e. The molecule has 0 bridgehead atoms. The first-order chi connectivity index (χ1) is 58.9. The molecule has 4 aliphatic heterocycles. The summed E-state index contributed by atoms with van der Waals surface area (Å²) < 4.78 is 149. The number of nitrogens with one attached hydrogen (secondary N) is 4. The Morgan fingerprint density at radius 3 is 1.68 bits per heavy atom. The van der Waals surface area contributed by atoms with E-state index in [1.807, 2.05) is 79.9 Å². The highest BCUT2D eigenvalue weighted by Crippen LogP contribution is 2.61. The second kappa shape index (κ2) is 36.0. The van der Waals surface area contributed by atoms with Crippen LogP contribution in [0.5, 0.6) is 0 Å². The van der Waals surface area contributed by atoms with Crippen molar-refractivity contribution in [2.45, 2.75) is 203 Å². The lowest BCUT2D eigenvalue weighted by Crippen LogP contribution is -2.49. The predicted octanol–water partition coefficient (Wildman–Crippen LogP) is 7.26. The molecule has 48 nitrogen and oxygen atoms in total. The summed E-state index contributed by atoms with van der Waals surface area (Å²) in [6.45, 7) is 20.2. The minimum absolute atomic E-state index is 0.0224. The van der Waals surface area contributed by atoms with Gasteiger partial charge in [0.15, 0.2) is 79.9 Å². The summed E-state index contributed by atoms with van der Waals surface area (Å²) in [5.41, 5.74) is 11.4. The summed E-state index contributed by atoms with van der Waals surface area (Å²) in [7, 11) is -25.4. The third kappa shape index (κ3) is 19.5. The van der Waals surface area contributed by atoms with Crippen molar-refractivity contribution in [2.24, 2.45) is 17.8 Å². The van der Waals surface area contributed by atoms with Crippen molar-refractivity contribution in [3.05, 3.63) is 94.6 Å². The average molecular weight is 1850 g/mol. The molecule has 6 fully saturated rings. The van der Waals surface area contributed by atoms with E-state index in [2.05, 4.69) is 70.4 Å². The van der Waals surface area contributed by atoms with Crippen LogP contribution in [0.3, 0.4) is 0 Å². The van der Waals surface area contributed by atoms with Crippen LogP contribution in [-0.4, -0.2) is 227 Å². The fraction of sp³-hybridized carbons (Fsp3) is 0.577. The van der Waals surface area contributed by atoms with E-state index in [1.54, 1.807) is 48.7 Å². The predicted molar refractivity (Wildman–Crippen MR) is 442 cm³/mol. The molecule has 125 heavy (non-hydrogen) atoms. The van der Waals surface area contributed by atoms with Crippen molar-refractivity contribution in [2.75, 3.05) is 61.7 Å². The summed E-state index contributed by atoms with van der Waals surface area (Å²) >= 11 is 0. The number of benzene rings is 1. The molecule has 8 aromatic heterocycles. The fourth-order valence-corrected chi connectivity index (χ4v) is 22.1. The lowest BCUT2D eigenvalue weighted by atomic mass is 10.1. The van der Waals surface area contributed by atoms with Crippen LogP contribution in [0.4, 0.5) is 23.5 Å². The Labute approximate surface area is 713 Å². The molecular formula is C71H96N22O26P4Si2. The van der Waals surface area contributed by atoms with E-state index < -0.39 is 217 Å². The van der Waals surface area contributed by atoms with Gasteiger partial charge in [0.2, 0.25) is 17.8 Å². The summed E-state index contributed by atoms with van der Waals surface area (Å²) in [6.07, 6.45) is -9.31. The second-order valence-electron chi connectivity index (χ2n) is 33.8. The number of nitrogens with zero attached hydrogens (tertiary/aromatic N) is 16. The Balaban J connectivity index is 0.000000222. The lowest BCUT2D eigenvalue weighted by molar-refractivity contribution is -0.119. The number of carbonyl (C=O) groups excluding carboxylic acids is 2. The van der Waals surface area contributed by atoms with E-state index in [0.717, 1.165) is 0 Å². The van der Waals surface area contributed by atoms with Crippen LogP contribution in [0, 0.1) is 40.4 Å². The number of carbonyl (C=O) groups is 2. The number of amides is 2. The van der Waals surface area contributed by atoms with E-state index >= 15 is 4.57 Å². The zero-order chi connectivity index (χ0) is 90.0. The standard InChI is InChI=1S/C47H67N11O14P2Si2.C24H29N11O12P2/c1-27(2)41(59)55-45-54-40-33(43(61)56-45)52-25-57(40)30-21-29-22-67-74(64,65-20-16-19-48)70-36-31(23-66-73(62,63)69-34(29)35(30)71-75(9,10)46(3,4)5)68-44(37(36)72-76(11,12)47(6,7)8)58-26-51-32-38(49-24-50-39(32)58)53-42(60)28-17-14-13-15-18-28;25-2-1-3-42-49(41)44-5-10-4-11(34-8-31-14-21(34)32-24(27)33-22(14)38)15(36)17(10)46-48(39,40)43-6-12-18(47-49)16(37)23(45-12)35-9-30-13-19(26)28-7-29-20(13)35/h13-15,17-18,24-27,29-31,34-37,44H,16,20-23H2,1-12H3,(H,62,63)(H,49,50,53,60)(H2,54,55,56,59,61);7-12,15-18,23,36-37H,1,3-6H2,(H,39,40)(H2,26,28,29)(H3,27,32,33,38)/t29-,30-,31-,34-,35+,36-,37-,44-,74?;10-,11-,12-,15+,16-,17-,18-,23-,49?/m11/s1. The number of fused-ring (bicyclic) bond motifs is 8. The summed E-state index contributed by atoms with van der Waals surface area (Å²) in [6, 6.07) is 10.6. The van der Waals surface area contributed by atoms with E-state index in [0.29, 0.717) is 5.56 Å². The van der Waals surface area contributed by atoms with Gasteiger partial charge in [0, 0.05) is 23.3 Å². The Morgan fingerprint density at radius 2 is 1.08 bits per heavy atom. The van der Waals surface area contributed by atoms with E-state index in [9.17, 15) is 58.1 Å². The summed E-state index contributed by atoms with van der Waals surface area (Å²) in [5.74, 6) is -3.38. The molecule has 54 heteroatoms. The van der Waals surface area contributed by atoms with Gasteiger partial charge in [-0.25, -0.2) is 58.1 Å². The topological polar surface area (TPSA) is 651 Å². The molecule has 12 heterocycles. The number of aliphatic hydroxyl groups is 2. The lowest BCUT2D eigenvalue weighted by Gasteiger charge is -2.42. The SMILES string of the molecule is CC(C)C(=O)Nc1nc2c(ncn2[C@@H]2C[C@@H]3COP(=O)(OCCC#N)O[C@H]4[C@@H](O[Si](C)(C)C(C)(C)C)[C@H](n5cnc6c(NC(=O)c7ccccc7)ncnc65)O[C@@H]4COP(=O)(O)O[C@H]3[C@H]2O[Si](C)(C)C(C)(C)C)c(=O)[nH]1.N#CCCOP1(=O)OC[C@H]2C[C@@H](n3cnc4c(=O)[nH]c(N)nc43)[C@H](O)[C@@H]2OP(=O)(O)OC[C@H]2O[C@@H](n3cnc4c(N)ncnc43)[C@H](O)[C@@H]2O1. The van der Waals surface area contributed by atoms with Gasteiger partial charge in [0.05, 0.1) is 108 Å². The number of nitriles is 2. The molecule has 6 aliphatic rings. The Kier molecular flexibility index (Phi) is 26.6. The summed E-state index contributed by atoms with van der Waals surface area (Å²) in [4.78, 5) is 122. The molecule has 0 spiro atoms. The molecule has 20 atom stereocenters. The normalized spacial score (nSPS) is 30.8. The Bertz CT molecular complexity index is 5940. The van der Waals surface area contributed by atoms with Gasteiger partial charge in [-0.3, -0.25) is 88.8 Å². The van der Waals surface area contributed by atoms with Crippen molar-refractivity contribution in [3.8, 4) is 12.1 Å². The van der Waals surface area contributed by atoms with Crippen molar-refractivity contribution >= 4 is 128 Å². The molecule has 12 N–H and O–H groups in total. The number of rotatable bonds is 18. The highest BCUT2D eigenvalue weighted by molar-refractivity contribution is 7.49. The average Bonchev–Trinajstić information content (AvgIpc) is 1.63. The first kappa shape index (κ1) is 92.4. The number of phosphoric ester groups is 4. The van der Waals surface area contributed by atoms with E-state index in [-0.39, 0.29) is 100 Å². The monoisotopic (exact) mass is 1850 g/mol. The molecule has 9 aromatic rings. The van der Waals surface area contributed by atoms with Gasteiger partial charge >= 0.3 is 31.3 Å². The molecule has 4 saturated heterocycles. The fourth-order valence-electron chi connectivity index (χ4n) is 14.6. The number of anilines is 4. The minimum Gasteiger partial charge on any atom is -0.409 e. The molecule has 2 amide bonds. The third-order valence-electron chi connectivity index (χ3n) is 23.1. The van der Waals surface area contributed by atoms with Gasteiger partial charge in [-0.15, -0.1) is 0 Å². The third-order valence-corrected chi connectivity index (χ3v) is 36.9. The minimum atomic E-state index is -5.15. The molecule has 1 aromatic carbocycles. The maximum absolute atomic E-state index is 15.5. The van der Waals surface area contributed by atoms with E-state index in [1.165, 1.54) is 51.7 Å². The van der Waals surface area contributed by atoms with Gasteiger partial charge in [-0.1, -0.05) is 73.6 Å². The number of nitrogens with two attached hydrogens (primary N) is 2. The highest BCUT2D eigenvalue weighted by Gasteiger charge is 2.60. The molecule has 4 unspecified atom stereocenters. The quantitative estimate of drug-likeness (QED) is 0.0229. The zero-order valence-corrected chi connectivity index (χ0v) is 75.2. The Hall–Kier alpha value is -8.83. The van der Waals surface area contributed by atoms with Gasteiger partial charge in [0.25, 0.3) is 17.0 Å². The van der Waals surface area contributed by atoms with E-state index in [4.69, 9.17) is 80.3 Å². The molecule has 674 valence electrons. The van der Waals surface area contributed by atoms with Crippen molar-refractivity contribution in [3.63, 3.8) is 0 Å². The van der Waals surface area contributed by atoms with Crippen molar-refractivity contribution in [1.82, 2.24) is 78.1 Å². The molecule has 2 saturated carbocycles. The van der Waals surface area contributed by atoms with Crippen LogP contribution in [0.1, 0.15) is 116 Å². The number of imidazole rings is 4. The highest BCUT2D eigenvalue weighted by atomic mass is 31.2. The number of aromatic nitrogens is 16. The summed E-state index contributed by atoms with van der Waals surface area (Å²) in [5, 5.41) is 46.1. The van der Waals surface area contributed by atoms with Crippen LogP contribution in [0.2, 0.25) is 36.3 Å². The number of nitrogen functional groups attached to an aromatic ring is 2. The van der Waals surface area contributed by atoms with Gasteiger partial charge in [-0.05, 0) is 61.2 Å². The number of phosphoric acid groups is 4. The van der Waals surface area contributed by atoms with Gasteiger partial charge in [0.1, 0.15) is 73.1 Å². The van der Waals surface area contributed by atoms with Crippen LogP contribution in [-0.2, 0) is 86.6 Å².